The van der Waals surface area contributed by atoms with Crippen molar-refractivity contribution in [2.75, 3.05) is 12.8 Å². The normalized spacial score (nSPS) is 12.8. The van der Waals surface area contributed by atoms with E-state index in [1.165, 1.54) is 24.4 Å². The Morgan fingerprint density at radius 3 is 2.56 bits per heavy atom. The molecule has 0 aliphatic heterocycles. The number of hydrogen-bond donors (Lipinski definition) is 0. The first-order valence-electron chi connectivity index (χ1n) is 4.63. The minimum atomic E-state index is -3.27. The zero-order valence-electron chi connectivity index (χ0n) is 8.97. The number of rotatable bonds is 3. The second kappa shape index (κ2) is 4.84. The van der Waals surface area contributed by atoms with Crippen molar-refractivity contribution in [1.82, 2.24) is 0 Å². The summed E-state index contributed by atoms with van der Waals surface area (Å²) in [5.41, 5.74) is 0.505. The Morgan fingerprint density at radius 1 is 1.50 bits per heavy atom. The summed E-state index contributed by atoms with van der Waals surface area (Å²) in [6, 6.07) is 4.28. The van der Waals surface area contributed by atoms with Gasteiger partial charge in [-0.15, -0.1) is 0 Å². The van der Waals surface area contributed by atoms with Crippen LogP contribution in [0.25, 0.3) is 0 Å². The van der Waals surface area contributed by atoms with Crippen LogP contribution in [0.2, 0.25) is 5.02 Å². The Labute approximate surface area is 99.7 Å². The minimum absolute atomic E-state index is 0.142. The van der Waals surface area contributed by atoms with Crippen LogP contribution in [-0.4, -0.2) is 32.2 Å². The minimum Gasteiger partial charge on any atom is -0.624 e. The zero-order valence-corrected chi connectivity index (χ0v) is 10.5. The Morgan fingerprint density at radius 2 is 2.12 bits per heavy atom. The molecule has 0 aliphatic carbocycles. The number of sulfone groups is 1. The summed E-state index contributed by atoms with van der Waals surface area (Å²) in [7, 11) is -3.27. The van der Waals surface area contributed by atoms with E-state index in [9.17, 15) is 13.6 Å². The topological polar surface area (TPSA) is 60.2 Å². The van der Waals surface area contributed by atoms with Gasteiger partial charge in [-0.25, -0.2) is 13.2 Å². The standard InChI is InChI=1S/C10H12ClNO3S/c1-3-12(13)7-8-4-5-9(6-10(8)11)16(2,14)15/h4-7H,3H2,1-2H3/b12-7-. The van der Waals surface area contributed by atoms with E-state index >= 15 is 0 Å². The zero-order chi connectivity index (χ0) is 12.3. The SMILES string of the molecule is CC/[N+]([O-])=C/c1ccc(S(C)(=O)=O)cc1Cl. The van der Waals surface area contributed by atoms with E-state index in [1.54, 1.807) is 6.92 Å². The molecule has 1 aromatic carbocycles. The molecular formula is C10H12ClNO3S. The van der Waals surface area contributed by atoms with Gasteiger partial charge in [0.15, 0.2) is 22.6 Å². The van der Waals surface area contributed by atoms with Crippen LogP contribution in [0.1, 0.15) is 12.5 Å². The number of benzene rings is 1. The number of hydrogen-bond acceptors (Lipinski definition) is 3. The van der Waals surface area contributed by atoms with E-state index in [0.29, 0.717) is 12.1 Å². The second-order valence-corrected chi connectivity index (χ2v) is 5.74. The summed E-state index contributed by atoms with van der Waals surface area (Å²) in [6.07, 6.45) is 2.43. The fraction of sp³-hybridized carbons (Fsp3) is 0.300. The first kappa shape index (κ1) is 13.0. The van der Waals surface area contributed by atoms with E-state index in [-0.39, 0.29) is 9.92 Å². The molecule has 0 heterocycles. The van der Waals surface area contributed by atoms with Crippen molar-refractivity contribution in [2.24, 2.45) is 0 Å². The molecule has 0 fully saturated rings. The second-order valence-electron chi connectivity index (χ2n) is 3.32. The van der Waals surface area contributed by atoms with Crippen molar-refractivity contribution >= 4 is 27.7 Å². The summed E-state index contributed by atoms with van der Waals surface area (Å²) in [4.78, 5) is 0.142. The van der Waals surface area contributed by atoms with E-state index in [0.717, 1.165) is 11.0 Å². The van der Waals surface area contributed by atoms with Gasteiger partial charge in [-0.2, -0.15) is 0 Å². The van der Waals surface area contributed by atoms with E-state index in [1.807, 2.05) is 0 Å². The van der Waals surface area contributed by atoms with Crippen LogP contribution < -0.4 is 0 Å². The lowest BCUT2D eigenvalue weighted by Gasteiger charge is -2.03. The van der Waals surface area contributed by atoms with Crippen LogP contribution in [-0.2, 0) is 9.84 Å². The smallest absolute Gasteiger partial charge is 0.183 e. The molecule has 1 aromatic rings. The molecule has 0 saturated heterocycles. The van der Waals surface area contributed by atoms with Crippen molar-refractivity contribution in [3.63, 3.8) is 0 Å². The van der Waals surface area contributed by atoms with Gasteiger partial charge < -0.3 is 5.21 Å². The Balaban J connectivity index is 3.21. The summed E-state index contributed by atoms with van der Waals surface area (Å²) >= 11 is 5.88. The third kappa shape index (κ3) is 3.21. The van der Waals surface area contributed by atoms with Gasteiger partial charge in [0, 0.05) is 6.26 Å². The molecular weight excluding hydrogens is 250 g/mol. The molecule has 0 amide bonds. The average molecular weight is 262 g/mol. The molecule has 16 heavy (non-hydrogen) atoms. The largest absolute Gasteiger partial charge is 0.624 e. The summed E-state index contributed by atoms with van der Waals surface area (Å²) in [5.74, 6) is 0. The van der Waals surface area contributed by atoms with Crippen LogP contribution in [0.15, 0.2) is 23.1 Å². The predicted octanol–water partition coefficient (Wildman–Crippen LogP) is 1.69. The monoisotopic (exact) mass is 261 g/mol. The third-order valence-corrected chi connectivity index (χ3v) is 3.43. The molecule has 0 N–H and O–H groups in total. The van der Waals surface area contributed by atoms with Crippen molar-refractivity contribution in [1.29, 1.82) is 0 Å². The van der Waals surface area contributed by atoms with Crippen molar-refractivity contribution in [3.05, 3.63) is 34.0 Å². The van der Waals surface area contributed by atoms with E-state index in [2.05, 4.69) is 0 Å². The lowest BCUT2D eigenvalue weighted by atomic mass is 10.2. The van der Waals surface area contributed by atoms with Gasteiger partial charge in [-0.05, 0) is 25.1 Å². The van der Waals surface area contributed by atoms with Crippen LogP contribution in [0, 0.1) is 5.21 Å². The van der Waals surface area contributed by atoms with Crippen molar-refractivity contribution in [3.8, 4) is 0 Å². The molecule has 0 unspecified atom stereocenters. The lowest BCUT2D eigenvalue weighted by Crippen LogP contribution is -2.05. The molecule has 0 aliphatic rings. The maximum atomic E-state index is 11.2. The highest BCUT2D eigenvalue weighted by Crippen LogP contribution is 2.19. The van der Waals surface area contributed by atoms with Crippen LogP contribution >= 0.6 is 11.6 Å². The molecule has 0 radical (unpaired) electrons. The number of hydroxylamine groups is 1. The van der Waals surface area contributed by atoms with Gasteiger partial charge >= 0.3 is 0 Å². The molecule has 0 spiro atoms. The molecule has 4 nitrogen and oxygen atoms in total. The van der Waals surface area contributed by atoms with Gasteiger partial charge in [-0.3, -0.25) is 0 Å². The van der Waals surface area contributed by atoms with Crippen LogP contribution in [0.5, 0.6) is 0 Å². The summed E-state index contributed by atoms with van der Waals surface area (Å²) < 4.78 is 23.2. The third-order valence-electron chi connectivity index (χ3n) is 1.99. The molecule has 88 valence electrons. The maximum Gasteiger partial charge on any atom is 0.183 e. The van der Waals surface area contributed by atoms with Gasteiger partial charge in [0.05, 0.1) is 15.5 Å². The van der Waals surface area contributed by atoms with Gasteiger partial charge in [0.25, 0.3) is 0 Å². The maximum absolute atomic E-state index is 11.2. The van der Waals surface area contributed by atoms with Gasteiger partial charge in [0.1, 0.15) is 0 Å². The molecule has 1 rings (SSSR count). The van der Waals surface area contributed by atoms with Crippen LogP contribution in [0.4, 0.5) is 0 Å². The number of halogens is 1. The first-order chi connectivity index (χ1) is 7.34. The Bertz CT molecular complexity index is 523. The highest BCUT2D eigenvalue weighted by Gasteiger charge is 2.10. The van der Waals surface area contributed by atoms with Crippen LogP contribution in [0.3, 0.4) is 0 Å². The molecule has 6 heteroatoms. The molecule has 0 bridgehead atoms. The highest BCUT2D eigenvalue weighted by atomic mass is 35.5. The predicted molar refractivity (Wildman–Crippen MR) is 63.9 cm³/mol. The lowest BCUT2D eigenvalue weighted by molar-refractivity contribution is -0.447. The summed E-state index contributed by atoms with van der Waals surface area (Å²) in [6.45, 7) is 2.02. The van der Waals surface area contributed by atoms with E-state index in [4.69, 9.17) is 11.6 Å². The first-order valence-corrected chi connectivity index (χ1v) is 6.89. The molecule has 0 aromatic heterocycles. The summed E-state index contributed by atoms with van der Waals surface area (Å²) in [5, 5.41) is 11.3. The highest BCUT2D eigenvalue weighted by molar-refractivity contribution is 7.90. The quantitative estimate of drug-likeness (QED) is 0.360. The Hall–Kier alpha value is -1.07. The molecule has 0 atom stereocenters. The fourth-order valence-electron chi connectivity index (χ4n) is 1.09. The van der Waals surface area contributed by atoms with Crippen molar-refractivity contribution in [2.45, 2.75) is 11.8 Å². The number of nitrogens with zero attached hydrogens (tertiary/aromatic N) is 1. The average Bonchev–Trinajstić information content (AvgIpc) is 2.19. The fourth-order valence-corrected chi connectivity index (χ4v) is 2.03. The Kier molecular flexibility index (Phi) is 3.93. The molecule has 0 saturated carbocycles. The van der Waals surface area contributed by atoms with Crippen molar-refractivity contribution < 1.29 is 13.2 Å². The van der Waals surface area contributed by atoms with Gasteiger partial charge in [0.2, 0.25) is 0 Å². The van der Waals surface area contributed by atoms with Gasteiger partial charge in [-0.1, -0.05) is 11.6 Å². The van der Waals surface area contributed by atoms with E-state index < -0.39 is 9.84 Å².